The summed E-state index contributed by atoms with van der Waals surface area (Å²) in [6.07, 6.45) is 10.5. The van der Waals surface area contributed by atoms with Crippen LogP contribution < -0.4 is 5.32 Å². The highest BCUT2D eigenvalue weighted by Crippen LogP contribution is 2.27. The molecule has 2 aliphatic heterocycles. The third-order valence-electron chi connectivity index (χ3n) is 5.77. The minimum atomic E-state index is 0. The molecule has 0 amide bonds. The first-order chi connectivity index (χ1) is 13.3. The molecule has 4 heterocycles. The fourth-order valence-corrected chi connectivity index (χ4v) is 4.15. The zero-order valence-corrected chi connectivity index (χ0v) is 19.1. The van der Waals surface area contributed by atoms with Crippen LogP contribution in [0.1, 0.15) is 50.8 Å². The molecule has 1 saturated heterocycles. The second kappa shape index (κ2) is 9.71. The first-order valence-electron chi connectivity index (χ1n) is 10.2. The van der Waals surface area contributed by atoms with E-state index in [2.05, 4.69) is 54.6 Å². The molecule has 2 aliphatic rings. The van der Waals surface area contributed by atoms with Crippen LogP contribution in [0.4, 0.5) is 0 Å². The van der Waals surface area contributed by atoms with Crippen molar-refractivity contribution in [1.29, 1.82) is 0 Å². The van der Waals surface area contributed by atoms with Crippen LogP contribution >= 0.6 is 24.0 Å². The summed E-state index contributed by atoms with van der Waals surface area (Å²) < 4.78 is 4.48. The number of rotatable bonds is 4. The van der Waals surface area contributed by atoms with Gasteiger partial charge in [0, 0.05) is 45.0 Å². The number of nitrogens with one attached hydrogen (secondary N) is 1. The van der Waals surface area contributed by atoms with Gasteiger partial charge in [0.25, 0.3) is 0 Å². The molecule has 1 fully saturated rings. The molecule has 28 heavy (non-hydrogen) atoms. The Hall–Kier alpha value is -1.65. The van der Waals surface area contributed by atoms with Crippen molar-refractivity contribution in [3.05, 3.63) is 30.4 Å². The van der Waals surface area contributed by atoms with Crippen LogP contribution in [0.5, 0.6) is 0 Å². The number of aromatic nitrogens is 5. The topological polar surface area (TPSA) is 76.2 Å². The third kappa shape index (κ3) is 4.49. The van der Waals surface area contributed by atoms with E-state index in [1.807, 2.05) is 12.5 Å². The van der Waals surface area contributed by atoms with E-state index in [1.54, 1.807) is 0 Å². The molecule has 2 aromatic rings. The molecule has 9 heteroatoms. The monoisotopic (exact) mass is 498 g/mol. The van der Waals surface area contributed by atoms with E-state index in [4.69, 9.17) is 4.99 Å². The van der Waals surface area contributed by atoms with Crippen LogP contribution in [0.2, 0.25) is 0 Å². The second-order valence-electron chi connectivity index (χ2n) is 7.60. The molecule has 2 aromatic heterocycles. The molecule has 1 N–H and O–H groups in total. The maximum atomic E-state index is 4.91. The summed E-state index contributed by atoms with van der Waals surface area (Å²) >= 11 is 0. The molecule has 0 spiro atoms. The normalized spacial score (nSPS) is 22.5. The Morgan fingerprint density at radius 2 is 2.18 bits per heavy atom. The number of aryl methyl sites for hydroxylation is 1. The largest absolute Gasteiger partial charge is 0.357 e. The summed E-state index contributed by atoms with van der Waals surface area (Å²) in [6, 6.07) is 0.422. The summed E-state index contributed by atoms with van der Waals surface area (Å²) in [5.74, 6) is 3.70. The van der Waals surface area contributed by atoms with E-state index in [0.717, 1.165) is 56.6 Å². The van der Waals surface area contributed by atoms with E-state index in [1.165, 1.54) is 12.8 Å². The Morgan fingerprint density at radius 1 is 1.29 bits per heavy atom. The highest BCUT2D eigenvalue weighted by Gasteiger charge is 2.29. The van der Waals surface area contributed by atoms with Crippen molar-refractivity contribution >= 4 is 29.9 Å². The van der Waals surface area contributed by atoms with Crippen LogP contribution in [-0.2, 0) is 19.5 Å². The molecule has 4 rings (SSSR count). The van der Waals surface area contributed by atoms with Gasteiger partial charge in [-0.1, -0.05) is 6.92 Å². The summed E-state index contributed by atoms with van der Waals surface area (Å²) in [5.41, 5.74) is 0. The summed E-state index contributed by atoms with van der Waals surface area (Å²) in [6.45, 7) is 8.88. The van der Waals surface area contributed by atoms with Gasteiger partial charge in [-0.3, -0.25) is 0 Å². The number of nitrogens with zero attached hydrogens (tertiary/aromatic N) is 7. The van der Waals surface area contributed by atoms with Crippen LogP contribution in [0.25, 0.3) is 0 Å². The minimum absolute atomic E-state index is 0. The standard InChI is InChI=1S/C19H30N8.HI/c1-3-21-19(22-12-18-24-23-17-6-4-5-9-27(17)18)25-10-7-15(2)16(13-25)26-11-8-20-14-26;/h8,11,14-16H,3-7,9-10,12-13H2,1-2H3,(H,21,22);1H. The summed E-state index contributed by atoms with van der Waals surface area (Å²) in [5, 5.41) is 12.2. The van der Waals surface area contributed by atoms with Crippen molar-refractivity contribution in [2.45, 2.75) is 58.7 Å². The molecule has 2 unspecified atom stereocenters. The number of hydrogen-bond donors (Lipinski definition) is 1. The molecule has 0 aliphatic carbocycles. The molecule has 0 aromatic carbocycles. The zero-order valence-electron chi connectivity index (χ0n) is 16.8. The minimum Gasteiger partial charge on any atom is -0.357 e. The lowest BCUT2D eigenvalue weighted by atomic mass is 9.93. The van der Waals surface area contributed by atoms with Crippen LogP contribution in [0.15, 0.2) is 23.7 Å². The Bertz CT molecular complexity index is 769. The van der Waals surface area contributed by atoms with Crippen molar-refractivity contribution < 1.29 is 0 Å². The molecule has 8 nitrogen and oxygen atoms in total. The van der Waals surface area contributed by atoms with Crippen molar-refractivity contribution in [2.24, 2.45) is 10.9 Å². The van der Waals surface area contributed by atoms with E-state index in [-0.39, 0.29) is 24.0 Å². The van der Waals surface area contributed by atoms with E-state index in [0.29, 0.717) is 18.5 Å². The van der Waals surface area contributed by atoms with Crippen LogP contribution in [0, 0.1) is 5.92 Å². The van der Waals surface area contributed by atoms with Gasteiger partial charge < -0.3 is 19.4 Å². The van der Waals surface area contributed by atoms with Gasteiger partial charge in [0.2, 0.25) is 0 Å². The Morgan fingerprint density at radius 3 is 2.96 bits per heavy atom. The van der Waals surface area contributed by atoms with Gasteiger partial charge in [0.15, 0.2) is 11.8 Å². The van der Waals surface area contributed by atoms with Gasteiger partial charge in [-0.25, -0.2) is 9.98 Å². The highest BCUT2D eigenvalue weighted by atomic mass is 127. The van der Waals surface area contributed by atoms with Gasteiger partial charge >= 0.3 is 0 Å². The average molecular weight is 498 g/mol. The molecular weight excluding hydrogens is 467 g/mol. The fraction of sp³-hybridized carbons (Fsp3) is 0.684. The molecule has 154 valence electrons. The molecule has 0 bridgehead atoms. The van der Waals surface area contributed by atoms with Crippen LogP contribution in [0.3, 0.4) is 0 Å². The number of aliphatic imine (C=N–C) groups is 1. The zero-order chi connectivity index (χ0) is 18.6. The van der Waals surface area contributed by atoms with Crippen molar-refractivity contribution in [3.8, 4) is 0 Å². The maximum absolute atomic E-state index is 4.91. The number of imidazole rings is 1. The van der Waals surface area contributed by atoms with Gasteiger partial charge in [-0.2, -0.15) is 0 Å². The van der Waals surface area contributed by atoms with Gasteiger partial charge in [0.05, 0.1) is 12.4 Å². The molecule has 2 atom stereocenters. The van der Waals surface area contributed by atoms with E-state index >= 15 is 0 Å². The lowest BCUT2D eigenvalue weighted by Crippen LogP contribution is -2.49. The first kappa shape index (κ1) is 21.1. The van der Waals surface area contributed by atoms with Crippen molar-refractivity contribution in [3.63, 3.8) is 0 Å². The maximum Gasteiger partial charge on any atom is 0.194 e. The van der Waals surface area contributed by atoms with Crippen LogP contribution in [-0.4, -0.2) is 54.8 Å². The van der Waals surface area contributed by atoms with Crippen molar-refractivity contribution in [2.75, 3.05) is 19.6 Å². The smallest absolute Gasteiger partial charge is 0.194 e. The predicted octanol–water partition coefficient (Wildman–Crippen LogP) is 2.48. The van der Waals surface area contributed by atoms with Gasteiger partial charge in [0.1, 0.15) is 12.4 Å². The number of halogens is 1. The Labute approximate surface area is 183 Å². The van der Waals surface area contributed by atoms with Gasteiger partial charge in [-0.05, 0) is 32.1 Å². The molecular formula is C19H31IN8. The number of hydrogen-bond acceptors (Lipinski definition) is 4. The second-order valence-corrected chi connectivity index (χ2v) is 7.60. The molecule has 0 radical (unpaired) electrons. The lowest BCUT2D eigenvalue weighted by Gasteiger charge is -2.39. The summed E-state index contributed by atoms with van der Waals surface area (Å²) in [4.78, 5) is 11.5. The number of likely N-dealkylation sites (tertiary alicyclic amines) is 1. The summed E-state index contributed by atoms with van der Waals surface area (Å²) in [7, 11) is 0. The number of guanidine groups is 1. The first-order valence-corrected chi connectivity index (χ1v) is 10.2. The average Bonchev–Trinajstić information content (AvgIpc) is 3.36. The molecule has 0 saturated carbocycles. The highest BCUT2D eigenvalue weighted by molar-refractivity contribution is 14.0. The number of piperidine rings is 1. The van der Waals surface area contributed by atoms with Gasteiger partial charge in [-0.15, -0.1) is 34.2 Å². The lowest BCUT2D eigenvalue weighted by molar-refractivity contribution is 0.189. The third-order valence-corrected chi connectivity index (χ3v) is 5.77. The van der Waals surface area contributed by atoms with E-state index in [9.17, 15) is 0 Å². The SMILES string of the molecule is CCNC(=NCc1nnc2n1CCCC2)N1CCC(C)C(n2ccnc2)C1.I. The predicted molar refractivity (Wildman–Crippen MR) is 120 cm³/mol. The van der Waals surface area contributed by atoms with E-state index < -0.39 is 0 Å². The number of fused-ring (bicyclic) bond motifs is 1. The van der Waals surface area contributed by atoms with Crippen molar-refractivity contribution in [1.82, 2.24) is 34.5 Å². The fourth-order valence-electron chi connectivity index (χ4n) is 4.15. The Kier molecular flexibility index (Phi) is 7.30. The quantitative estimate of drug-likeness (QED) is 0.398. The Balaban J connectivity index is 0.00000225.